The first kappa shape index (κ1) is 14.4. The fourth-order valence-electron chi connectivity index (χ4n) is 2.86. The molecule has 1 fully saturated rings. The first-order chi connectivity index (χ1) is 9.26. The van der Waals surface area contributed by atoms with Crippen LogP contribution in [0.5, 0.6) is 0 Å². The molecular formula is C15H25N3O. The Bertz CT molecular complexity index is 371. The van der Waals surface area contributed by atoms with Crippen LogP contribution in [0.15, 0.2) is 24.4 Å². The molecule has 2 N–H and O–H groups in total. The lowest BCUT2D eigenvalue weighted by atomic mass is 9.97. The predicted octanol–water partition coefficient (Wildman–Crippen LogP) is 1.97. The number of methoxy groups -OCH3 is 1. The predicted molar refractivity (Wildman–Crippen MR) is 76.8 cm³/mol. The molecule has 1 aromatic rings. The Morgan fingerprint density at radius 3 is 3.00 bits per heavy atom. The molecule has 4 heteroatoms. The SMILES string of the molecule is CCC(N)C(c1ccccn1)N1CCCC(OC)C1. The van der Waals surface area contributed by atoms with E-state index >= 15 is 0 Å². The topological polar surface area (TPSA) is 51.4 Å². The maximum absolute atomic E-state index is 6.34. The van der Waals surface area contributed by atoms with Crippen molar-refractivity contribution in [1.82, 2.24) is 9.88 Å². The Balaban J connectivity index is 2.18. The Morgan fingerprint density at radius 2 is 2.37 bits per heavy atom. The van der Waals surface area contributed by atoms with Crippen LogP contribution in [-0.4, -0.2) is 42.2 Å². The smallest absolute Gasteiger partial charge is 0.0698 e. The van der Waals surface area contributed by atoms with Crippen molar-refractivity contribution in [2.45, 2.75) is 44.4 Å². The lowest BCUT2D eigenvalue weighted by Gasteiger charge is -2.39. The molecule has 0 amide bonds. The van der Waals surface area contributed by atoms with Crippen LogP contribution >= 0.6 is 0 Å². The second-order valence-corrected chi connectivity index (χ2v) is 5.27. The van der Waals surface area contributed by atoms with E-state index < -0.39 is 0 Å². The van der Waals surface area contributed by atoms with Gasteiger partial charge in [0.05, 0.1) is 17.8 Å². The van der Waals surface area contributed by atoms with Crippen molar-refractivity contribution in [2.24, 2.45) is 5.73 Å². The van der Waals surface area contributed by atoms with Crippen molar-refractivity contribution in [3.05, 3.63) is 30.1 Å². The number of pyridine rings is 1. The molecule has 1 aliphatic rings. The molecule has 4 nitrogen and oxygen atoms in total. The molecule has 1 aromatic heterocycles. The summed E-state index contributed by atoms with van der Waals surface area (Å²) in [7, 11) is 1.80. The second kappa shape index (κ2) is 6.98. The van der Waals surface area contributed by atoms with Crippen molar-refractivity contribution in [1.29, 1.82) is 0 Å². The van der Waals surface area contributed by atoms with Gasteiger partial charge in [0.25, 0.3) is 0 Å². The monoisotopic (exact) mass is 263 g/mol. The van der Waals surface area contributed by atoms with Crippen LogP contribution in [0.3, 0.4) is 0 Å². The van der Waals surface area contributed by atoms with Crippen molar-refractivity contribution in [3.63, 3.8) is 0 Å². The average Bonchev–Trinajstić information content (AvgIpc) is 2.48. The van der Waals surface area contributed by atoms with Gasteiger partial charge in [-0.2, -0.15) is 0 Å². The Labute approximate surface area is 116 Å². The molecule has 0 aliphatic carbocycles. The van der Waals surface area contributed by atoms with Gasteiger partial charge in [-0.05, 0) is 37.9 Å². The van der Waals surface area contributed by atoms with Crippen molar-refractivity contribution in [3.8, 4) is 0 Å². The van der Waals surface area contributed by atoms with Crippen LogP contribution in [0.25, 0.3) is 0 Å². The summed E-state index contributed by atoms with van der Waals surface area (Å²) in [6.07, 6.45) is 5.43. The minimum absolute atomic E-state index is 0.116. The number of aromatic nitrogens is 1. The van der Waals surface area contributed by atoms with Crippen LogP contribution in [0, 0.1) is 0 Å². The third-order valence-corrected chi connectivity index (χ3v) is 4.00. The minimum atomic E-state index is 0.116. The average molecular weight is 263 g/mol. The van der Waals surface area contributed by atoms with Crippen molar-refractivity contribution < 1.29 is 4.74 Å². The maximum atomic E-state index is 6.34. The minimum Gasteiger partial charge on any atom is -0.380 e. The summed E-state index contributed by atoms with van der Waals surface area (Å²) in [6.45, 7) is 4.17. The molecule has 2 rings (SSSR count). The number of hydrogen-bond donors (Lipinski definition) is 1. The van der Waals surface area contributed by atoms with Gasteiger partial charge >= 0.3 is 0 Å². The Morgan fingerprint density at radius 1 is 1.53 bits per heavy atom. The quantitative estimate of drug-likeness (QED) is 0.882. The fraction of sp³-hybridized carbons (Fsp3) is 0.667. The van der Waals surface area contributed by atoms with E-state index in [1.807, 2.05) is 18.3 Å². The summed E-state index contributed by atoms with van der Waals surface area (Å²) in [5, 5.41) is 0. The summed E-state index contributed by atoms with van der Waals surface area (Å²) in [4.78, 5) is 6.95. The standard InChI is InChI=1S/C15H25N3O/c1-3-13(16)15(14-8-4-5-9-17-14)18-10-6-7-12(11-18)19-2/h4-5,8-9,12-13,15H,3,6-7,10-11,16H2,1-2H3. The summed E-state index contributed by atoms with van der Waals surface area (Å²) in [5.41, 5.74) is 7.42. The van der Waals surface area contributed by atoms with Gasteiger partial charge in [0.2, 0.25) is 0 Å². The molecular weight excluding hydrogens is 238 g/mol. The number of nitrogens with zero attached hydrogens (tertiary/aromatic N) is 2. The van der Waals surface area contributed by atoms with E-state index in [1.54, 1.807) is 7.11 Å². The maximum Gasteiger partial charge on any atom is 0.0698 e. The molecule has 3 unspecified atom stereocenters. The van der Waals surface area contributed by atoms with Gasteiger partial charge in [-0.25, -0.2) is 0 Å². The number of hydrogen-bond acceptors (Lipinski definition) is 4. The van der Waals surface area contributed by atoms with E-state index in [4.69, 9.17) is 10.5 Å². The van der Waals surface area contributed by atoms with Gasteiger partial charge in [0, 0.05) is 25.9 Å². The highest BCUT2D eigenvalue weighted by molar-refractivity contribution is 5.12. The highest BCUT2D eigenvalue weighted by Crippen LogP contribution is 2.27. The zero-order valence-electron chi connectivity index (χ0n) is 12.0. The van der Waals surface area contributed by atoms with Crippen molar-refractivity contribution >= 4 is 0 Å². The molecule has 0 radical (unpaired) electrons. The molecule has 2 heterocycles. The van der Waals surface area contributed by atoms with E-state index in [2.05, 4.69) is 22.9 Å². The number of ether oxygens (including phenoxy) is 1. The fourth-order valence-corrected chi connectivity index (χ4v) is 2.86. The molecule has 1 saturated heterocycles. The highest BCUT2D eigenvalue weighted by Gasteiger charge is 2.30. The molecule has 0 aromatic carbocycles. The van der Waals surface area contributed by atoms with E-state index in [0.717, 1.165) is 38.0 Å². The zero-order chi connectivity index (χ0) is 13.7. The number of rotatable bonds is 5. The van der Waals surface area contributed by atoms with Gasteiger partial charge in [-0.15, -0.1) is 0 Å². The van der Waals surface area contributed by atoms with E-state index in [9.17, 15) is 0 Å². The summed E-state index contributed by atoms with van der Waals surface area (Å²) >= 11 is 0. The van der Waals surface area contributed by atoms with Gasteiger partial charge in [-0.1, -0.05) is 13.0 Å². The Hall–Kier alpha value is -0.970. The van der Waals surface area contributed by atoms with Crippen LogP contribution in [0.4, 0.5) is 0 Å². The Kier molecular flexibility index (Phi) is 5.31. The van der Waals surface area contributed by atoms with Crippen LogP contribution in [0.2, 0.25) is 0 Å². The molecule has 0 saturated carbocycles. The van der Waals surface area contributed by atoms with Crippen LogP contribution in [0.1, 0.15) is 37.9 Å². The van der Waals surface area contributed by atoms with Gasteiger partial charge < -0.3 is 10.5 Å². The van der Waals surface area contributed by atoms with Crippen LogP contribution in [-0.2, 0) is 4.74 Å². The third-order valence-electron chi connectivity index (χ3n) is 4.00. The second-order valence-electron chi connectivity index (χ2n) is 5.27. The lowest BCUT2D eigenvalue weighted by molar-refractivity contribution is 0.00818. The third kappa shape index (κ3) is 3.53. The van der Waals surface area contributed by atoms with Gasteiger partial charge in [-0.3, -0.25) is 9.88 Å². The summed E-state index contributed by atoms with van der Waals surface area (Å²) in [6, 6.07) is 6.38. The van der Waals surface area contributed by atoms with Gasteiger partial charge in [0.15, 0.2) is 0 Å². The molecule has 19 heavy (non-hydrogen) atoms. The largest absolute Gasteiger partial charge is 0.380 e. The number of piperidine rings is 1. The van der Waals surface area contributed by atoms with Gasteiger partial charge in [0.1, 0.15) is 0 Å². The van der Waals surface area contributed by atoms with E-state index in [1.165, 1.54) is 0 Å². The molecule has 1 aliphatic heterocycles. The lowest BCUT2D eigenvalue weighted by Crippen LogP contribution is -2.47. The first-order valence-electron chi connectivity index (χ1n) is 7.19. The molecule has 3 atom stereocenters. The molecule has 0 spiro atoms. The number of likely N-dealkylation sites (tertiary alicyclic amines) is 1. The highest BCUT2D eigenvalue weighted by atomic mass is 16.5. The normalized spacial score (nSPS) is 24.1. The first-order valence-corrected chi connectivity index (χ1v) is 7.19. The molecule has 106 valence electrons. The number of nitrogens with two attached hydrogens (primary N) is 1. The van der Waals surface area contributed by atoms with Crippen LogP contribution < -0.4 is 5.73 Å². The summed E-state index contributed by atoms with van der Waals surface area (Å²) in [5.74, 6) is 0. The zero-order valence-corrected chi connectivity index (χ0v) is 12.0. The molecule has 0 bridgehead atoms. The van der Waals surface area contributed by atoms with E-state index in [-0.39, 0.29) is 12.1 Å². The van der Waals surface area contributed by atoms with Crippen molar-refractivity contribution in [2.75, 3.05) is 20.2 Å². The van der Waals surface area contributed by atoms with E-state index in [0.29, 0.717) is 6.10 Å². The summed E-state index contributed by atoms with van der Waals surface area (Å²) < 4.78 is 5.52.